The predicted octanol–water partition coefficient (Wildman–Crippen LogP) is 5.47. The second-order valence-corrected chi connectivity index (χ2v) is 7.84. The Balaban J connectivity index is 1.55. The molecule has 2 N–H and O–H groups in total. The Kier molecular flexibility index (Phi) is 7.94. The minimum atomic E-state index is -0.211. The number of anilines is 2. The zero-order chi connectivity index (χ0) is 20.5. The number of hydrogen-bond acceptors (Lipinski definition) is 2. The third-order valence-corrected chi connectivity index (χ3v) is 5.49. The van der Waals surface area contributed by atoms with Crippen molar-refractivity contribution in [3.63, 3.8) is 0 Å². The van der Waals surface area contributed by atoms with Crippen molar-refractivity contribution in [3.8, 4) is 0 Å². The molecular weight excluding hydrogens is 386 g/mol. The highest BCUT2D eigenvalue weighted by molar-refractivity contribution is 6.30. The van der Waals surface area contributed by atoms with E-state index in [1.807, 2.05) is 30.3 Å². The van der Waals surface area contributed by atoms with Gasteiger partial charge in [0.25, 0.3) is 0 Å². The molecule has 1 aliphatic carbocycles. The van der Waals surface area contributed by atoms with E-state index < -0.39 is 0 Å². The summed E-state index contributed by atoms with van der Waals surface area (Å²) >= 11 is 5.92. The van der Waals surface area contributed by atoms with Crippen LogP contribution in [0.1, 0.15) is 38.5 Å². The molecule has 0 bridgehead atoms. The van der Waals surface area contributed by atoms with Crippen LogP contribution in [0.3, 0.4) is 0 Å². The smallest absolute Gasteiger partial charge is 0.326 e. The lowest BCUT2D eigenvalue weighted by atomic mass is 9.89. The number of para-hydroxylation sites is 1. The predicted molar refractivity (Wildman–Crippen MR) is 118 cm³/mol. The minimum Gasteiger partial charge on any atom is -0.356 e. The normalized spacial score (nSPS) is 14.2. The fourth-order valence-electron chi connectivity index (χ4n) is 3.64. The van der Waals surface area contributed by atoms with Gasteiger partial charge in [-0.2, -0.15) is 0 Å². The number of carbonyl (C=O) groups is 2. The van der Waals surface area contributed by atoms with Gasteiger partial charge in [-0.25, -0.2) is 4.79 Å². The summed E-state index contributed by atoms with van der Waals surface area (Å²) in [4.78, 5) is 26.9. The summed E-state index contributed by atoms with van der Waals surface area (Å²) in [5.74, 6) is 0.309. The molecule has 3 amide bonds. The lowest BCUT2D eigenvalue weighted by Gasteiger charge is -2.24. The van der Waals surface area contributed by atoms with E-state index in [0.717, 1.165) is 31.4 Å². The quantitative estimate of drug-likeness (QED) is 0.591. The van der Waals surface area contributed by atoms with Crippen molar-refractivity contribution in [1.29, 1.82) is 0 Å². The monoisotopic (exact) mass is 413 g/mol. The van der Waals surface area contributed by atoms with E-state index >= 15 is 0 Å². The topological polar surface area (TPSA) is 61.4 Å². The Morgan fingerprint density at radius 1 is 0.966 bits per heavy atom. The molecule has 0 radical (unpaired) electrons. The first-order valence-electron chi connectivity index (χ1n) is 10.3. The van der Waals surface area contributed by atoms with E-state index in [-0.39, 0.29) is 17.9 Å². The van der Waals surface area contributed by atoms with Crippen LogP contribution in [0.4, 0.5) is 16.2 Å². The summed E-state index contributed by atoms with van der Waals surface area (Å²) in [6.07, 6.45) is 6.19. The van der Waals surface area contributed by atoms with Crippen molar-refractivity contribution in [2.45, 2.75) is 38.5 Å². The van der Waals surface area contributed by atoms with Gasteiger partial charge in [0, 0.05) is 35.4 Å². The maximum Gasteiger partial charge on any atom is 0.326 e. The van der Waals surface area contributed by atoms with E-state index in [1.165, 1.54) is 6.42 Å². The van der Waals surface area contributed by atoms with Gasteiger partial charge in [0.2, 0.25) is 5.91 Å². The Morgan fingerprint density at radius 3 is 2.34 bits per heavy atom. The third-order valence-electron chi connectivity index (χ3n) is 5.24. The molecule has 0 unspecified atom stereocenters. The molecule has 29 heavy (non-hydrogen) atoms. The Morgan fingerprint density at radius 2 is 1.66 bits per heavy atom. The number of halogens is 1. The van der Waals surface area contributed by atoms with Crippen LogP contribution in [-0.4, -0.2) is 25.0 Å². The molecule has 0 aliphatic heterocycles. The van der Waals surface area contributed by atoms with Gasteiger partial charge in [-0.15, -0.1) is 0 Å². The summed E-state index contributed by atoms with van der Waals surface area (Å²) in [5.41, 5.74) is 1.50. The molecule has 0 aromatic heterocycles. The van der Waals surface area contributed by atoms with Gasteiger partial charge in [-0.05, 0) is 55.7 Å². The molecule has 0 spiro atoms. The fraction of sp³-hybridized carbons (Fsp3) is 0.391. The standard InChI is InChI=1S/C23H28ClN3O2/c24-19-12-14-20(15-13-19)26-23(29)27(21-10-5-2-6-11-21)17-7-16-25-22(28)18-8-3-1-4-9-18/h2,5-6,10-15,18H,1,3-4,7-9,16-17H2,(H,25,28)(H,26,29). The van der Waals surface area contributed by atoms with Crippen LogP contribution < -0.4 is 15.5 Å². The SMILES string of the molecule is O=C(NCCCN(C(=O)Nc1ccc(Cl)cc1)c1ccccc1)C1CCCCC1. The largest absolute Gasteiger partial charge is 0.356 e. The van der Waals surface area contributed by atoms with Gasteiger partial charge in [-0.3, -0.25) is 9.69 Å². The molecule has 3 rings (SSSR count). The summed E-state index contributed by atoms with van der Waals surface area (Å²) in [6, 6.07) is 16.4. The van der Waals surface area contributed by atoms with E-state index in [1.54, 1.807) is 29.2 Å². The number of benzene rings is 2. The van der Waals surface area contributed by atoms with Crippen LogP contribution in [0.25, 0.3) is 0 Å². The maximum absolute atomic E-state index is 12.9. The van der Waals surface area contributed by atoms with E-state index in [2.05, 4.69) is 10.6 Å². The van der Waals surface area contributed by atoms with E-state index in [4.69, 9.17) is 11.6 Å². The average molecular weight is 414 g/mol. The Labute approximate surface area is 177 Å². The second kappa shape index (κ2) is 10.9. The highest BCUT2D eigenvalue weighted by Gasteiger charge is 2.21. The number of hydrogen-bond donors (Lipinski definition) is 2. The fourth-order valence-corrected chi connectivity index (χ4v) is 3.76. The van der Waals surface area contributed by atoms with Crippen LogP contribution in [0.2, 0.25) is 5.02 Å². The molecule has 6 heteroatoms. The average Bonchev–Trinajstić information content (AvgIpc) is 2.76. The molecule has 2 aromatic carbocycles. The highest BCUT2D eigenvalue weighted by Crippen LogP contribution is 2.23. The number of nitrogens with zero attached hydrogens (tertiary/aromatic N) is 1. The first-order valence-corrected chi connectivity index (χ1v) is 10.7. The van der Waals surface area contributed by atoms with Crippen LogP contribution in [-0.2, 0) is 4.79 Å². The van der Waals surface area contributed by atoms with E-state index in [0.29, 0.717) is 30.2 Å². The molecule has 1 fully saturated rings. The molecule has 1 aliphatic rings. The molecule has 0 atom stereocenters. The van der Waals surface area contributed by atoms with Gasteiger partial charge in [0.1, 0.15) is 0 Å². The van der Waals surface area contributed by atoms with Crippen LogP contribution in [0.5, 0.6) is 0 Å². The maximum atomic E-state index is 12.9. The van der Waals surface area contributed by atoms with Crippen LogP contribution in [0.15, 0.2) is 54.6 Å². The van der Waals surface area contributed by atoms with Crippen molar-refractivity contribution in [1.82, 2.24) is 5.32 Å². The van der Waals surface area contributed by atoms with Crippen molar-refractivity contribution in [2.24, 2.45) is 5.92 Å². The Bertz CT molecular complexity index is 790. The van der Waals surface area contributed by atoms with Gasteiger partial charge in [-0.1, -0.05) is 49.1 Å². The van der Waals surface area contributed by atoms with Gasteiger partial charge < -0.3 is 10.6 Å². The Hall–Kier alpha value is -2.53. The third kappa shape index (κ3) is 6.50. The molecule has 2 aromatic rings. The number of urea groups is 1. The highest BCUT2D eigenvalue weighted by atomic mass is 35.5. The number of carbonyl (C=O) groups excluding carboxylic acids is 2. The van der Waals surface area contributed by atoms with Gasteiger partial charge in [0.15, 0.2) is 0 Å². The summed E-state index contributed by atoms with van der Waals surface area (Å²) in [7, 11) is 0. The number of rotatable bonds is 7. The first kappa shape index (κ1) is 21.2. The summed E-state index contributed by atoms with van der Waals surface area (Å²) in [5, 5.41) is 6.57. The number of amides is 3. The summed E-state index contributed by atoms with van der Waals surface area (Å²) < 4.78 is 0. The zero-order valence-electron chi connectivity index (χ0n) is 16.6. The van der Waals surface area contributed by atoms with Crippen molar-refractivity contribution < 1.29 is 9.59 Å². The van der Waals surface area contributed by atoms with Crippen molar-refractivity contribution in [2.75, 3.05) is 23.3 Å². The second-order valence-electron chi connectivity index (χ2n) is 7.40. The lowest BCUT2D eigenvalue weighted by Crippen LogP contribution is -2.38. The van der Waals surface area contributed by atoms with Gasteiger partial charge in [0.05, 0.1) is 0 Å². The van der Waals surface area contributed by atoms with E-state index in [9.17, 15) is 9.59 Å². The van der Waals surface area contributed by atoms with Crippen LogP contribution in [0, 0.1) is 5.92 Å². The first-order chi connectivity index (χ1) is 14.1. The van der Waals surface area contributed by atoms with Gasteiger partial charge >= 0.3 is 6.03 Å². The summed E-state index contributed by atoms with van der Waals surface area (Å²) in [6.45, 7) is 1.07. The molecular formula is C23H28ClN3O2. The molecule has 0 heterocycles. The molecule has 5 nitrogen and oxygen atoms in total. The molecule has 0 saturated heterocycles. The molecule has 154 valence electrons. The van der Waals surface area contributed by atoms with Crippen molar-refractivity contribution >= 4 is 34.9 Å². The van der Waals surface area contributed by atoms with Crippen molar-refractivity contribution in [3.05, 3.63) is 59.6 Å². The lowest BCUT2D eigenvalue weighted by molar-refractivity contribution is -0.125. The van der Waals surface area contributed by atoms with Crippen LogP contribution >= 0.6 is 11.6 Å². The zero-order valence-corrected chi connectivity index (χ0v) is 17.3. The number of nitrogens with one attached hydrogen (secondary N) is 2. The minimum absolute atomic E-state index is 0.154. The molecule has 1 saturated carbocycles.